The zero-order chi connectivity index (χ0) is 18.1. The average molecular weight is 348 g/mol. The summed E-state index contributed by atoms with van der Waals surface area (Å²) in [4.78, 5) is 7.63. The van der Waals surface area contributed by atoms with Crippen LogP contribution in [0.25, 0.3) is 17.3 Å². The fraction of sp³-hybridized carbons (Fsp3) is 0.0800. The third kappa shape index (κ3) is 2.61. The number of hydrogen-bond donors (Lipinski definition) is 1. The van der Waals surface area contributed by atoms with Crippen LogP contribution in [0.2, 0.25) is 0 Å². The topological polar surface area (TPSA) is 28.7 Å². The van der Waals surface area contributed by atoms with Crippen molar-refractivity contribution in [1.82, 2.24) is 9.97 Å². The van der Waals surface area contributed by atoms with Gasteiger partial charge in [-0.3, -0.25) is 4.98 Å². The SMILES string of the molecule is C1=CC(c2ccccc2)(c2ccccc2)Cc2c[nH]c(-c3ccncc3)c21. The minimum atomic E-state index is -0.146. The monoisotopic (exact) mass is 348 g/mol. The second-order valence-electron chi connectivity index (χ2n) is 7.05. The van der Waals surface area contributed by atoms with Crippen LogP contribution in [0.1, 0.15) is 22.3 Å². The summed E-state index contributed by atoms with van der Waals surface area (Å²) < 4.78 is 0. The van der Waals surface area contributed by atoms with Crippen LogP contribution in [0.3, 0.4) is 0 Å². The predicted octanol–water partition coefficient (Wildman–Crippen LogP) is 5.63. The highest BCUT2D eigenvalue weighted by Crippen LogP contribution is 2.43. The van der Waals surface area contributed by atoms with Crippen LogP contribution in [0.5, 0.6) is 0 Å². The average Bonchev–Trinajstić information content (AvgIpc) is 3.18. The van der Waals surface area contributed by atoms with Crippen LogP contribution in [-0.4, -0.2) is 9.97 Å². The van der Waals surface area contributed by atoms with Crippen molar-refractivity contribution in [3.05, 3.63) is 120 Å². The first kappa shape index (κ1) is 15.8. The third-order valence-electron chi connectivity index (χ3n) is 5.56. The van der Waals surface area contributed by atoms with Crippen LogP contribution >= 0.6 is 0 Å². The summed E-state index contributed by atoms with van der Waals surface area (Å²) in [5.41, 5.74) is 7.46. The van der Waals surface area contributed by atoms with E-state index in [0.29, 0.717) is 0 Å². The van der Waals surface area contributed by atoms with Gasteiger partial charge in [-0.15, -0.1) is 0 Å². The summed E-state index contributed by atoms with van der Waals surface area (Å²) in [5.74, 6) is 0. The maximum absolute atomic E-state index is 4.14. The van der Waals surface area contributed by atoms with Crippen molar-refractivity contribution in [2.75, 3.05) is 0 Å². The number of hydrogen-bond acceptors (Lipinski definition) is 1. The second kappa shape index (κ2) is 6.40. The van der Waals surface area contributed by atoms with Crippen molar-refractivity contribution in [3.8, 4) is 11.3 Å². The summed E-state index contributed by atoms with van der Waals surface area (Å²) in [6.45, 7) is 0. The molecule has 2 aromatic carbocycles. The van der Waals surface area contributed by atoms with Gasteiger partial charge in [-0.1, -0.05) is 72.8 Å². The molecule has 2 heterocycles. The molecule has 27 heavy (non-hydrogen) atoms. The standard InChI is InChI=1S/C25H20N2/c1-3-7-21(8-4-1)25(22-9-5-2-6-10-22)14-11-23-20(17-25)18-27-24(23)19-12-15-26-16-13-19/h1-16,18,27H,17H2. The summed E-state index contributed by atoms with van der Waals surface area (Å²) in [5, 5.41) is 0. The molecule has 2 heteroatoms. The summed E-state index contributed by atoms with van der Waals surface area (Å²) >= 11 is 0. The molecule has 2 aromatic heterocycles. The molecule has 0 unspecified atom stereocenters. The van der Waals surface area contributed by atoms with Gasteiger partial charge in [-0.25, -0.2) is 0 Å². The molecule has 0 bridgehead atoms. The van der Waals surface area contributed by atoms with E-state index < -0.39 is 0 Å². The van der Waals surface area contributed by atoms with E-state index in [2.05, 4.69) is 101 Å². The van der Waals surface area contributed by atoms with Gasteiger partial charge in [0.1, 0.15) is 0 Å². The summed E-state index contributed by atoms with van der Waals surface area (Å²) in [7, 11) is 0. The fourth-order valence-electron chi connectivity index (χ4n) is 4.19. The van der Waals surface area contributed by atoms with E-state index in [1.165, 1.54) is 33.5 Å². The van der Waals surface area contributed by atoms with Crippen molar-refractivity contribution in [2.45, 2.75) is 11.8 Å². The van der Waals surface area contributed by atoms with Crippen LogP contribution < -0.4 is 0 Å². The molecule has 130 valence electrons. The van der Waals surface area contributed by atoms with Gasteiger partial charge in [0, 0.05) is 35.1 Å². The maximum Gasteiger partial charge on any atom is 0.0531 e. The Morgan fingerprint density at radius 2 is 1.41 bits per heavy atom. The lowest BCUT2D eigenvalue weighted by atomic mass is 9.68. The first-order chi connectivity index (χ1) is 13.4. The zero-order valence-electron chi connectivity index (χ0n) is 15.0. The minimum Gasteiger partial charge on any atom is -0.360 e. The lowest BCUT2D eigenvalue weighted by molar-refractivity contribution is 0.634. The maximum atomic E-state index is 4.14. The van der Waals surface area contributed by atoms with E-state index in [9.17, 15) is 0 Å². The summed E-state index contributed by atoms with van der Waals surface area (Å²) in [6.07, 6.45) is 11.4. The molecular weight excluding hydrogens is 328 g/mol. The van der Waals surface area contributed by atoms with Gasteiger partial charge >= 0.3 is 0 Å². The Hall–Kier alpha value is -3.39. The normalized spacial score (nSPS) is 14.7. The number of H-pyrrole nitrogens is 1. The highest BCUT2D eigenvalue weighted by Gasteiger charge is 2.35. The largest absolute Gasteiger partial charge is 0.360 e. The Bertz CT molecular complexity index is 1040. The molecule has 2 nitrogen and oxygen atoms in total. The molecule has 0 amide bonds. The molecule has 0 radical (unpaired) electrons. The molecule has 0 atom stereocenters. The Labute approximate surface area is 159 Å². The quantitative estimate of drug-likeness (QED) is 0.510. The van der Waals surface area contributed by atoms with E-state index in [1.807, 2.05) is 12.4 Å². The van der Waals surface area contributed by atoms with Gasteiger partial charge in [0.15, 0.2) is 0 Å². The molecule has 0 saturated carbocycles. The summed E-state index contributed by atoms with van der Waals surface area (Å²) in [6, 6.07) is 25.7. The number of nitrogens with one attached hydrogen (secondary N) is 1. The Morgan fingerprint density at radius 1 is 0.778 bits per heavy atom. The predicted molar refractivity (Wildman–Crippen MR) is 110 cm³/mol. The second-order valence-corrected chi connectivity index (χ2v) is 7.05. The number of aromatic amines is 1. The van der Waals surface area contributed by atoms with E-state index in [1.54, 1.807) is 0 Å². The number of benzene rings is 2. The van der Waals surface area contributed by atoms with Crippen LogP contribution in [0.4, 0.5) is 0 Å². The van der Waals surface area contributed by atoms with E-state index in [-0.39, 0.29) is 5.41 Å². The molecule has 0 aliphatic heterocycles. The lowest BCUT2D eigenvalue weighted by Gasteiger charge is -2.35. The Balaban J connectivity index is 1.66. The van der Waals surface area contributed by atoms with Crippen LogP contribution in [-0.2, 0) is 11.8 Å². The first-order valence-electron chi connectivity index (χ1n) is 9.28. The van der Waals surface area contributed by atoms with E-state index in [0.717, 1.165) is 6.42 Å². The third-order valence-corrected chi connectivity index (χ3v) is 5.56. The molecular formula is C25H20N2. The molecule has 1 aliphatic rings. The Morgan fingerprint density at radius 3 is 2.04 bits per heavy atom. The smallest absolute Gasteiger partial charge is 0.0531 e. The van der Waals surface area contributed by atoms with Crippen molar-refractivity contribution < 1.29 is 0 Å². The molecule has 1 aliphatic carbocycles. The highest BCUT2D eigenvalue weighted by molar-refractivity contribution is 5.77. The number of aromatic nitrogens is 2. The van der Waals surface area contributed by atoms with Gasteiger partial charge in [0.25, 0.3) is 0 Å². The number of pyridine rings is 1. The first-order valence-corrected chi connectivity index (χ1v) is 9.28. The molecule has 1 N–H and O–H groups in total. The molecule has 0 saturated heterocycles. The van der Waals surface area contributed by atoms with Gasteiger partial charge in [0.05, 0.1) is 5.69 Å². The van der Waals surface area contributed by atoms with Crippen molar-refractivity contribution >= 4 is 6.08 Å². The molecule has 5 rings (SSSR count). The van der Waals surface area contributed by atoms with Crippen molar-refractivity contribution in [3.63, 3.8) is 0 Å². The highest BCUT2D eigenvalue weighted by atomic mass is 14.7. The van der Waals surface area contributed by atoms with Gasteiger partial charge < -0.3 is 4.98 Å². The molecule has 0 spiro atoms. The lowest BCUT2D eigenvalue weighted by Crippen LogP contribution is -2.30. The number of allylic oxidation sites excluding steroid dienone is 1. The number of nitrogens with zero attached hydrogens (tertiary/aromatic N) is 1. The van der Waals surface area contributed by atoms with Crippen molar-refractivity contribution in [2.24, 2.45) is 0 Å². The zero-order valence-corrected chi connectivity index (χ0v) is 15.0. The van der Waals surface area contributed by atoms with E-state index >= 15 is 0 Å². The Kier molecular flexibility index (Phi) is 3.75. The van der Waals surface area contributed by atoms with Gasteiger partial charge in [-0.05, 0) is 35.2 Å². The van der Waals surface area contributed by atoms with E-state index in [4.69, 9.17) is 0 Å². The van der Waals surface area contributed by atoms with Crippen LogP contribution in [0, 0.1) is 0 Å². The van der Waals surface area contributed by atoms with Crippen molar-refractivity contribution in [1.29, 1.82) is 0 Å². The van der Waals surface area contributed by atoms with Gasteiger partial charge in [-0.2, -0.15) is 0 Å². The fourth-order valence-corrected chi connectivity index (χ4v) is 4.19. The number of fused-ring (bicyclic) bond motifs is 1. The molecule has 0 fully saturated rings. The number of rotatable bonds is 3. The molecule has 4 aromatic rings. The minimum absolute atomic E-state index is 0.146. The van der Waals surface area contributed by atoms with Gasteiger partial charge in [0.2, 0.25) is 0 Å². The van der Waals surface area contributed by atoms with Crippen LogP contribution in [0.15, 0.2) is 97.5 Å².